The van der Waals surface area contributed by atoms with Crippen molar-refractivity contribution < 1.29 is 27.1 Å². The third-order valence-corrected chi connectivity index (χ3v) is 2.64. The van der Waals surface area contributed by atoms with Gasteiger partial charge in [-0.05, 0) is 24.7 Å². The minimum Gasteiger partial charge on any atom is -0.469 e. The van der Waals surface area contributed by atoms with E-state index in [9.17, 15) is 22.4 Å². The highest BCUT2D eigenvalue weighted by Crippen LogP contribution is 2.35. The summed E-state index contributed by atoms with van der Waals surface area (Å²) in [6.07, 6.45) is -4.97. The molecule has 0 saturated heterocycles. The van der Waals surface area contributed by atoms with Crippen LogP contribution < -0.4 is 5.32 Å². The summed E-state index contributed by atoms with van der Waals surface area (Å²) in [4.78, 5) is 11.2. The number of hydrogen-bond donors (Lipinski definition) is 1. The van der Waals surface area contributed by atoms with Gasteiger partial charge in [0.05, 0.1) is 19.1 Å². The number of nitrogens with one attached hydrogen (secondary N) is 1. The molecule has 1 aromatic carbocycles. The lowest BCUT2D eigenvalue weighted by Crippen LogP contribution is -2.24. The average molecular weight is 279 g/mol. The van der Waals surface area contributed by atoms with Gasteiger partial charge in [0, 0.05) is 6.04 Å². The van der Waals surface area contributed by atoms with Crippen molar-refractivity contribution in [3.8, 4) is 0 Å². The third-order valence-electron chi connectivity index (χ3n) is 2.64. The van der Waals surface area contributed by atoms with E-state index in [0.29, 0.717) is 6.07 Å². The molecule has 0 heterocycles. The molecule has 1 aromatic rings. The molecule has 0 radical (unpaired) electrons. The summed E-state index contributed by atoms with van der Waals surface area (Å²) in [5.41, 5.74) is -1.29. The van der Waals surface area contributed by atoms with Gasteiger partial charge < -0.3 is 10.1 Å². The van der Waals surface area contributed by atoms with E-state index in [4.69, 9.17) is 0 Å². The molecule has 0 aromatic heterocycles. The van der Waals surface area contributed by atoms with Gasteiger partial charge in [0.25, 0.3) is 0 Å². The van der Waals surface area contributed by atoms with E-state index in [0.717, 1.165) is 19.2 Å². The van der Waals surface area contributed by atoms with E-state index in [2.05, 4.69) is 10.1 Å². The zero-order valence-corrected chi connectivity index (χ0v) is 10.3. The first-order chi connectivity index (χ1) is 8.79. The van der Waals surface area contributed by atoms with Gasteiger partial charge in [0.15, 0.2) is 0 Å². The quantitative estimate of drug-likeness (QED) is 0.680. The lowest BCUT2D eigenvalue weighted by molar-refractivity contribution is -0.143. The van der Waals surface area contributed by atoms with Crippen LogP contribution in [0.4, 0.5) is 17.6 Å². The van der Waals surface area contributed by atoms with E-state index in [-0.39, 0.29) is 12.0 Å². The van der Waals surface area contributed by atoms with Gasteiger partial charge in [-0.2, -0.15) is 13.2 Å². The molecule has 7 heteroatoms. The van der Waals surface area contributed by atoms with Gasteiger partial charge in [-0.25, -0.2) is 4.39 Å². The van der Waals surface area contributed by atoms with Crippen LogP contribution in [-0.4, -0.2) is 20.1 Å². The van der Waals surface area contributed by atoms with Gasteiger partial charge in [-0.1, -0.05) is 6.07 Å². The maximum atomic E-state index is 13.0. The number of rotatable bonds is 4. The Labute approximate surface area is 107 Å². The van der Waals surface area contributed by atoms with Crippen molar-refractivity contribution in [1.29, 1.82) is 0 Å². The van der Waals surface area contributed by atoms with Crippen molar-refractivity contribution in [2.24, 2.45) is 0 Å². The van der Waals surface area contributed by atoms with Crippen LogP contribution in [0.1, 0.15) is 23.6 Å². The molecule has 3 nitrogen and oxygen atoms in total. The van der Waals surface area contributed by atoms with Crippen LogP contribution in [0, 0.1) is 5.82 Å². The average Bonchev–Trinajstić information content (AvgIpc) is 2.34. The number of carbonyl (C=O) groups is 1. The van der Waals surface area contributed by atoms with Crippen LogP contribution in [0.25, 0.3) is 0 Å². The maximum absolute atomic E-state index is 13.0. The Balaban J connectivity index is 3.20. The van der Waals surface area contributed by atoms with Crippen molar-refractivity contribution in [1.82, 2.24) is 5.32 Å². The van der Waals surface area contributed by atoms with Crippen LogP contribution >= 0.6 is 0 Å². The van der Waals surface area contributed by atoms with Crippen molar-refractivity contribution in [3.05, 3.63) is 35.1 Å². The first-order valence-corrected chi connectivity index (χ1v) is 5.40. The molecular weight excluding hydrogens is 266 g/mol. The topological polar surface area (TPSA) is 38.3 Å². The number of carbonyl (C=O) groups excluding carboxylic acids is 1. The fraction of sp³-hybridized carbons (Fsp3) is 0.417. The molecular formula is C12H13F4NO2. The SMILES string of the molecule is CNC(CC(=O)OC)c1ccc(F)cc1C(F)(F)F. The first kappa shape index (κ1) is 15.4. The summed E-state index contributed by atoms with van der Waals surface area (Å²) in [5, 5.41) is 2.59. The number of alkyl halides is 3. The van der Waals surface area contributed by atoms with Crippen LogP contribution in [0.3, 0.4) is 0 Å². The molecule has 106 valence electrons. The molecule has 19 heavy (non-hydrogen) atoms. The predicted molar refractivity (Wildman–Crippen MR) is 59.8 cm³/mol. The van der Waals surface area contributed by atoms with E-state index in [1.165, 1.54) is 7.05 Å². The van der Waals surface area contributed by atoms with Gasteiger partial charge >= 0.3 is 12.1 Å². The minimum atomic E-state index is -4.69. The lowest BCUT2D eigenvalue weighted by Gasteiger charge is -2.20. The fourth-order valence-electron chi connectivity index (χ4n) is 1.70. The van der Waals surface area contributed by atoms with Crippen molar-refractivity contribution in [3.63, 3.8) is 0 Å². The molecule has 0 bridgehead atoms. The summed E-state index contributed by atoms with van der Waals surface area (Å²) in [6.45, 7) is 0. The van der Waals surface area contributed by atoms with Crippen molar-refractivity contribution in [2.75, 3.05) is 14.2 Å². The molecule has 0 aliphatic heterocycles. The number of benzene rings is 1. The minimum absolute atomic E-state index is 0.193. The highest BCUT2D eigenvalue weighted by molar-refractivity contribution is 5.70. The predicted octanol–water partition coefficient (Wildman–Crippen LogP) is 2.67. The second kappa shape index (κ2) is 6.01. The molecule has 0 aliphatic rings. The van der Waals surface area contributed by atoms with E-state index in [1.807, 2.05) is 0 Å². The smallest absolute Gasteiger partial charge is 0.416 e. The lowest BCUT2D eigenvalue weighted by atomic mass is 9.97. The standard InChI is InChI=1S/C12H13F4NO2/c1-17-10(6-11(18)19-2)8-4-3-7(13)5-9(8)12(14,15)16/h3-5,10,17H,6H2,1-2H3. The summed E-state index contributed by atoms with van der Waals surface area (Å²) >= 11 is 0. The maximum Gasteiger partial charge on any atom is 0.416 e. The molecule has 0 amide bonds. The Hall–Kier alpha value is -1.63. The number of methoxy groups -OCH3 is 1. The summed E-state index contributed by atoms with van der Waals surface area (Å²) in [7, 11) is 2.56. The summed E-state index contributed by atoms with van der Waals surface area (Å²) in [6, 6.07) is 1.45. The highest BCUT2D eigenvalue weighted by Gasteiger charge is 2.36. The fourth-order valence-corrected chi connectivity index (χ4v) is 1.70. The molecule has 1 unspecified atom stereocenters. The number of esters is 1. The largest absolute Gasteiger partial charge is 0.469 e. The summed E-state index contributed by atoms with van der Waals surface area (Å²) < 4.78 is 55.9. The number of hydrogen-bond acceptors (Lipinski definition) is 3. The van der Waals surface area contributed by atoms with Crippen LogP contribution in [0.15, 0.2) is 18.2 Å². The Bertz CT molecular complexity index is 460. The summed E-state index contributed by atoms with van der Waals surface area (Å²) in [5.74, 6) is -1.64. The van der Waals surface area contributed by atoms with Crippen LogP contribution in [0.2, 0.25) is 0 Å². The normalized spacial score (nSPS) is 13.2. The van der Waals surface area contributed by atoms with Gasteiger partial charge in [0.1, 0.15) is 5.82 Å². The second-order valence-electron chi connectivity index (χ2n) is 3.85. The van der Waals surface area contributed by atoms with Gasteiger partial charge in [-0.3, -0.25) is 4.79 Å². The van der Waals surface area contributed by atoms with Gasteiger partial charge in [0.2, 0.25) is 0 Å². The molecule has 1 rings (SSSR count). The van der Waals surface area contributed by atoms with Crippen LogP contribution in [0.5, 0.6) is 0 Å². The van der Waals surface area contributed by atoms with Crippen molar-refractivity contribution >= 4 is 5.97 Å². The molecule has 1 N–H and O–H groups in total. The molecule has 0 aliphatic carbocycles. The molecule has 0 spiro atoms. The van der Waals surface area contributed by atoms with Gasteiger partial charge in [-0.15, -0.1) is 0 Å². The number of ether oxygens (including phenoxy) is 1. The zero-order valence-electron chi connectivity index (χ0n) is 10.3. The Morgan fingerprint density at radius 2 is 2.05 bits per heavy atom. The monoisotopic (exact) mass is 279 g/mol. The Kier molecular flexibility index (Phi) is 4.88. The van der Waals surface area contributed by atoms with E-state index < -0.39 is 29.6 Å². The molecule has 0 saturated carbocycles. The van der Waals surface area contributed by atoms with Crippen LogP contribution in [-0.2, 0) is 15.7 Å². The van der Waals surface area contributed by atoms with E-state index >= 15 is 0 Å². The van der Waals surface area contributed by atoms with E-state index in [1.54, 1.807) is 0 Å². The number of halogens is 4. The zero-order chi connectivity index (χ0) is 14.6. The Morgan fingerprint density at radius 1 is 1.42 bits per heavy atom. The second-order valence-corrected chi connectivity index (χ2v) is 3.85. The first-order valence-electron chi connectivity index (χ1n) is 5.40. The van der Waals surface area contributed by atoms with Crippen molar-refractivity contribution in [2.45, 2.75) is 18.6 Å². The Morgan fingerprint density at radius 3 is 2.53 bits per heavy atom. The molecule has 0 fully saturated rings. The third kappa shape index (κ3) is 3.92. The highest BCUT2D eigenvalue weighted by atomic mass is 19.4. The molecule has 1 atom stereocenters.